The zero-order valence-electron chi connectivity index (χ0n) is 23.2. The predicted molar refractivity (Wildman–Crippen MR) is 139 cm³/mol. The third-order valence-corrected chi connectivity index (χ3v) is 6.22. The van der Waals surface area contributed by atoms with Gasteiger partial charge in [-0.05, 0) is 41.9 Å². The Balaban J connectivity index is 1.72. The average molecular weight is 450 g/mol. The largest absolute Gasteiger partial charge is 0.455 e. The van der Waals surface area contributed by atoms with Crippen molar-refractivity contribution in [2.45, 2.75) is 0 Å². The molecule has 7 aromatic rings. The highest BCUT2D eigenvalue weighted by Gasteiger charge is 2.18. The van der Waals surface area contributed by atoms with Gasteiger partial charge < -0.3 is 8.98 Å². The Kier molecular flexibility index (Phi) is 2.87. The minimum atomic E-state index is -0.147. The van der Waals surface area contributed by atoms with Crippen molar-refractivity contribution < 1.29 is 12.6 Å². The molecule has 0 atom stereocenters. The maximum atomic E-state index is 8.80. The van der Waals surface area contributed by atoms with Crippen LogP contribution in [0.5, 0.6) is 0 Å². The first-order valence-electron chi connectivity index (χ1n) is 13.5. The van der Waals surface area contributed by atoms with Gasteiger partial charge in [-0.3, -0.25) is 0 Å². The number of para-hydroxylation sites is 2. The SMILES string of the molecule is [2H]c1cc([2H])c2c(c1[2H])c1c([2H])c([2H])cc([2H])c1n2-c1cc(-c2ccccc2)c2oc3cc(Cl)ccc3c2c1. The number of furan rings is 1. The van der Waals surface area contributed by atoms with Gasteiger partial charge >= 0.3 is 0 Å². The number of nitrogens with zero attached hydrogens (tertiary/aromatic N) is 1. The van der Waals surface area contributed by atoms with Crippen LogP contribution in [-0.2, 0) is 0 Å². The molecule has 156 valence electrons. The van der Waals surface area contributed by atoms with Gasteiger partial charge in [0.2, 0.25) is 0 Å². The predicted octanol–water partition coefficient (Wildman–Crippen LogP) is 9.00. The van der Waals surface area contributed by atoms with Crippen molar-refractivity contribution in [3.05, 3.63) is 114 Å². The number of aromatic nitrogens is 1. The first-order chi connectivity index (χ1) is 18.7. The van der Waals surface area contributed by atoms with E-state index in [1.54, 1.807) is 16.7 Å². The Morgan fingerprint density at radius 1 is 0.697 bits per heavy atom. The van der Waals surface area contributed by atoms with Crippen molar-refractivity contribution in [1.29, 1.82) is 0 Å². The van der Waals surface area contributed by atoms with Crippen LogP contribution in [0.2, 0.25) is 5.02 Å². The Hall–Kier alpha value is -4.01. The molecular weight excluding hydrogens is 426 g/mol. The molecule has 0 N–H and O–H groups in total. The Morgan fingerprint density at radius 2 is 1.42 bits per heavy atom. The molecule has 0 bridgehead atoms. The summed E-state index contributed by atoms with van der Waals surface area (Å²) < 4.78 is 59.5. The molecule has 0 radical (unpaired) electrons. The van der Waals surface area contributed by atoms with E-state index in [0.29, 0.717) is 32.9 Å². The topological polar surface area (TPSA) is 18.1 Å². The Morgan fingerprint density at radius 3 is 2.15 bits per heavy atom. The highest BCUT2D eigenvalue weighted by Crippen LogP contribution is 2.40. The van der Waals surface area contributed by atoms with Crippen LogP contribution in [0, 0.1) is 0 Å². The molecule has 2 aromatic heterocycles. The molecule has 5 aromatic carbocycles. The van der Waals surface area contributed by atoms with Gasteiger partial charge in [0.05, 0.1) is 19.3 Å². The highest BCUT2D eigenvalue weighted by molar-refractivity contribution is 6.31. The molecule has 0 aliphatic carbocycles. The van der Waals surface area contributed by atoms with Gasteiger partial charge in [-0.1, -0.05) is 78.2 Å². The first-order valence-corrected chi connectivity index (χ1v) is 10.9. The van der Waals surface area contributed by atoms with Gasteiger partial charge in [0.15, 0.2) is 0 Å². The molecule has 0 fully saturated rings. The molecule has 0 saturated heterocycles. The Labute approximate surface area is 203 Å². The molecule has 3 heteroatoms. The summed E-state index contributed by atoms with van der Waals surface area (Å²) >= 11 is 6.26. The van der Waals surface area contributed by atoms with E-state index in [0.717, 1.165) is 21.9 Å². The third kappa shape index (κ3) is 2.75. The standard InChI is InChI=1S/C30H18ClNO/c31-20-14-15-24-26-18-21(17-25(19-8-2-1-3-9-19)30(26)33-29(24)16-20)32-27-12-6-4-10-22(27)23-11-5-7-13-28(23)32/h1-18H/i4D,5D,10D,11D,12D,13D. The summed E-state index contributed by atoms with van der Waals surface area (Å²) in [4.78, 5) is 0. The van der Waals surface area contributed by atoms with Gasteiger partial charge in [-0.2, -0.15) is 0 Å². The minimum Gasteiger partial charge on any atom is -0.455 e. The van der Waals surface area contributed by atoms with Crippen molar-refractivity contribution in [2.75, 3.05) is 0 Å². The molecule has 0 amide bonds. The summed E-state index contributed by atoms with van der Waals surface area (Å²) in [5, 5.41) is 2.64. The van der Waals surface area contributed by atoms with Crippen molar-refractivity contribution in [3.8, 4) is 16.8 Å². The number of rotatable bonds is 2. The molecule has 0 aliphatic heterocycles. The number of fused-ring (bicyclic) bond motifs is 6. The second kappa shape index (κ2) is 6.99. The van der Waals surface area contributed by atoms with Crippen LogP contribution in [0.4, 0.5) is 0 Å². The first kappa shape index (κ1) is 13.5. The molecule has 0 unspecified atom stereocenters. The summed E-state index contributed by atoms with van der Waals surface area (Å²) in [6.07, 6.45) is 0. The van der Waals surface area contributed by atoms with Crippen LogP contribution < -0.4 is 0 Å². The van der Waals surface area contributed by atoms with Gasteiger partial charge in [0.1, 0.15) is 11.2 Å². The van der Waals surface area contributed by atoms with Crippen LogP contribution in [0.25, 0.3) is 60.6 Å². The van der Waals surface area contributed by atoms with E-state index in [2.05, 4.69) is 0 Å². The van der Waals surface area contributed by atoms with Gasteiger partial charge in [0.25, 0.3) is 0 Å². The van der Waals surface area contributed by atoms with E-state index >= 15 is 0 Å². The highest BCUT2D eigenvalue weighted by atomic mass is 35.5. The zero-order valence-corrected chi connectivity index (χ0v) is 17.9. The van der Waals surface area contributed by atoms with Crippen molar-refractivity contribution >= 4 is 55.3 Å². The molecule has 2 nitrogen and oxygen atoms in total. The summed E-state index contributed by atoms with van der Waals surface area (Å²) in [7, 11) is 0. The fourth-order valence-corrected chi connectivity index (χ4v) is 4.73. The lowest BCUT2D eigenvalue weighted by atomic mass is 10.0. The smallest absolute Gasteiger partial charge is 0.143 e. The van der Waals surface area contributed by atoms with Crippen LogP contribution in [-0.4, -0.2) is 4.57 Å². The van der Waals surface area contributed by atoms with E-state index < -0.39 is 0 Å². The normalized spacial score (nSPS) is 14.3. The molecule has 0 saturated carbocycles. The lowest BCUT2D eigenvalue weighted by Crippen LogP contribution is -1.95. The van der Waals surface area contributed by atoms with Crippen molar-refractivity contribution in [3.63, 3.8) is 0 Å². The van der Waals surface area contributed by atoms with E-state index in [9.17, 15) is 0 Å². The number of hydrogen-bond acceptors (Lipinski definition) is 1. The van der Waals surface area contributed by atoms with Gasteiger partial charge in [-0.25, -0.2) is 0 Å². The number of halogens is 1. The summed E-state index contributed by atoms with van der Waals surface area (Å²) in [6, 6.07) is 21.0. The van der Waals surface area contributed by atoms with Crippen LogP contribution in [0.15, 0.2) is 113 Å². The zero-order chi connectivity index (χ0) is 27.2. The van der Waals surface area contributed by atoms with E-state index in [1.165, 1.54) is 12.1 Å². The van der Waals surface area contributed by atoms with E-state index in [-0.39, 0.29) is 47.0 Å². The fraction of sp³-hybridized carbons (Fsp3) is 0. The second-order valence-electron chi connectivity index (χ2n) is 7.88. The summed E-state index contributed by atoms with van der Waals surface area (Å²) in [6.45, 7) is 0. The molecule has 2 heterocycles. The number of hydrogen-bond donors (Lipinski definition) is 0. The summed E-state index contributed by atoms with van der Waals surface area (Å²) in [5.41, 5.74) is 4.20. The minimum absolute atomic E-state index is 0.00211. The van der Waals surface area contributed by atoms with E-state index in [4.69, 9.17) is 24.2 Å². The lowest BCUT2D eigenvalue weighted by molar-refractivity contribution is 0.670. The third-order valence-electron chi connectivity index (χ3n) is 5.99. The molecular formula is C30H18ClNO. The monoisotopic (exact) mass is 449 g/mol. The maximum absolute atomic E-state index is 8.80. The fourth-order valence-electron chi connectivity index (χ4n) is 4.57. The van der Waals surface area contributed by atoms with E-state index in [1.807, 2.05) is 48.5 Å². The summed E-state index contributed by atoms with van der Waals surface area (Å²) in [5.74, 6) is 0. The maximum Gasteiger partial charge on any atom is 0.143 e. The van der Waals surface area contributed by atoms with Crippen LogP contribution in [0.1, 0.15) is 8.22 Å². The Bertz CT molecular complexity index is 2080. The average Bonchev–Trinajstić information content (AvgIpc) is 3.47. The van der Waals surface area contributed by atoms with Crippen molar-refractivity contribution in [2.24, 2.45) is 0 Å². The lowest BCUT2D eigenvalue weighted by Gasteiger charge is -2.11. The molecule has 33 heavy (non-hydrogen) atoms. The second-order valence-corrected chi connectivity index (χ2v) is 8.31. The van der Waals surface area contributed by atoms with Crippen LogP contribution >= 0.6 is 11.6 Å². The molecule has 0 aliphatic rings. The molecule has 7 rings (SSSR count). The quantitative estimate of drug-likeness (QED) is 0.257. The van der Waals surface area contributed by atoms with Crippen molar-refractivity contribution in [1.82, 2.24) is 4.57 Å². The van der Waals surface area contributed by atoms with Crippen LogP contribution in [0.3, 0.4) is 0 Å². The van der Waals surface area contributed by atoms with Gasteiger partial charge in [0, 0.05) is 43.9 Å². The number of benzene rings is 5. The molecule has 0 spiro atoms. The van der Waals surface area contributed by atoms with Gasteiger partial charge in [-0.15, -0.1) is 0 Å².